The molecule has 0 fully saturated rings. The van der Waals surface area contributed by atoms with Gasteiger partial charge >= 0.3 is 0 Å². The first-order valence-corrected chi connectivity index (χ1v) is 10.7. The van der Waals surface area contributed by atoms with Crippen molar-refractivity contribution in [1.29, 1.82) is 0 Å². The Hall–Kier alpha value is -3.92. The summed E-state index contributed by atoms with van der Waals surface area (Å²) in [6, 6.07) is 31.8. The number of fused-ring (bicyclic) bond motifs is 4. The van der Waals surface area contributed by atoms with Crippen LogP contribution < -0.4 is 18.9 Å². The molecule has 0 saturated heterocycles. The number of rotatable bonds is 0. The number of ether oxygens (including phenoxy) is 4. The van der Waals surface area contributed by atoms with Gasteiger partial charge in [0, 0.05) is 22.3 Å². The fourth-order valence-corrected chi connectivity index (χ4v) is 3.68. The summed E-state index contributed by atoms with van der Waals surface area (Å²) in [4.78, 5) is 0. The molecule has 4 nitrogen and oxygen atoms in total. The summed E-state index contributed by atoms with van der Waals surface area (Å²) in [5.74, 6) is 3.20. The van der Waals surface area contributed by atoms with Crippen LogP contribution in [0.2, 0.25) is 0 Å². The Balaban J connectivity index is 1.50. The summed E-state index contributed by atoms with van der Waals surface area (Å²) in [6.45, 7) is 1.62. The van der Waals surface area contributed by atoms with Crippen LogP contribution in [-0.4, -0.2) is 0 Å². The fraction of sp³-hybridized carbons (Fsp3) is 0.143. The summed E-state index contributed by atoms with van der Waals surface area (Å²) in [7, 11) is 0. The average Bonchev–Trinajstić information content (AvgIpc) is 2.85. The molecule has 4 aromatic carbocycles. The SMILES string of the molecule is c1ccc2c(c1)COc1ccccc1COc1ccccc1COc1ccccc1CO2. The Morgan fingerprint density at radius 1 is 0.312 bits per heavy atom. The minimum Gasteiger partial charge on any atom is -0.488 e. The van der Waals surface area contributed by atoms with E-state index in [-0.39, 0.29) is 0 Å². The van der Waals surface area contributed by atoms with Crippen LogP contribution >= 0.6 is 0 Å². The maximum absolute atomic E-state index is 6.19. The van der Waals surface area contributed by atoms with E-state index in [0.717, 1.165) is 45.3 Å². The van der Waals surface area contributed by atoms with Crippen LogP contribution in [0.15, 0.2) is 97.1 Å². The molecular formula is C28H24O4. The van der Waals surface area contributed by atoms with Gasteiger partial charge in [0.05, 0.1) is 0 Å². The van der Waals surface area contributed by atoms with E-state index < -0.39 is 0 Å². The van der Waals surface area contributed by atoms with Gasteiger partial charge in [0.2, 0.25) is 0 Å². The molecule has 5 rings (SSSR count). The summed E-state index contributed by atoms with van der Waals surface area (Å²) in [5.41, 5.74) is 3.94. The average molecular weight is 424 g/mol. The van der Waals surface area contributed by atoms with Crippen molar-refractivity contribution in [2.45, 2.75) is 26.4 Å². The van der Waals surface area contributed by atoms with Gasteiger partial charge in [0.1, 0.15) is 49.4 Å². The Labute approximate surface area is 188 Å². The van der Waals surface area contributed by atoms with Crippen LogP contribution in [0.1, 0.15) is 22.3 Å². The Kier molecular flexibility index (Phi) is 5.93. The molecule has 0 N–H and O–H groups in total. The number of benzene rings is 4. The van der Waals surface area contributed by atoms with E-state index in [9.17, 15) is 0 Å². The molecule has 1 aliphatic rings. The van der Waals surface area contributed by atoms with E-state index in [1.165, 1.54) is 0 Å². The predicted octanol–water partition coefficient (Wildman–Crippen LogP) is 6.32. The van der Waals surface area contributed by atoms with Crippen LogP contribution in [0.5, 0.6) is 23.0 Å². The van der Waals surface area contributed by atoms with Crippen molar-refractivity contribution in [3.05, 3.63) is 119 Å². The molecule has 0 saturated carbocycles. The van der Waals surface area contributed by atoms with Gasteiger partial charge in [-0.25, -0.2) is 0 Å². The minimum atomic E-state index is 0.405. The van der Waals surface area contributed by atoms with Gasteiger partial charge in [0.25, 0.3) is 0 Å². The summed E-state index contributed by atoms with van der Waals surface area (Å²) >= 11 is 0. The second-order valence-electron chi connectivity index (χ2n) is 7.59. The zero-order chi connectivity index (χ0) is 21.6. The quantitative estimate of drug-likeness (QED) is 0.331. The monoisotopic (exact) mass is 424 g/mol. The van der Waals surface area contributed by atoms with Crippen molar-refractivity contribution in [3.63, 3.8) is 0 Å². The number of hydrogen-bond acceptors (Lipinski definition) is 4. The molecule has 1 heterocycles. The molecule has 1 aliphatic heterocycles. The molecule has 4 heteroatoms. The molecule has 160 valence electrons. The van der Waals surface area contributed by atoms with Crippen molar-refractivity contribution in [2.24, 2.45) is 0 Å². The van der Waals surface area contributed by atoms with Gasteiger partial charge in [-0.15, -0.1) is 0 Å². The number of para-hydroxylation sites is 4. The van der Waals surface area contributed by atoms with Crippen LogP contribution in [0.25, 0.3) is 0 Å². The smallest absolute Gasteiger partial charge is 0.126 e. The first-order valence-electron chi connectivity index (χ1n) is 10.7. The third kappa shape index (κ3) is 4.54. The largest absolute Gasteiger partial charge is 0.488 e. The van der Waals surface area contributed by atoms with Crippen molar-refractivity contribution < 1.29 is 18.9 Å². The lowest BCUT2D eigenvalue weighted by molar-refractivity contribution is 0.243. The van der Waals surface area contributed by atoms with E-state index >= 15 is 0 Å². The normalized spacial score (nSPS) is 13.5. The summed E-state index contributed by atoms with van der Waals surface area (Å²) < 4.78 is 24.8. The predicted molar refractivity (Wildman–Crippen MR) is 123 cm³/mol. The van der Waals surface area contributed by atoms with Gasteiger partial charge in [-0.1, -0.05) is 72.8 Å². The first kappa shape index (κ1) is 20.0. The molecule has 0 aromatic heterocycles. The topological polar surface area (TPSA) is 36.9 Å². The minimum absolute atomic E-state index is 0.405. The van der Waals surface area contributed by atoms with Crippen LogP contribution in [-0.2, 0) is 26.4 Å². The molecule has 4 aromatic rings. The fourth-order valence-electron chi connectivity index (χ4n) is 3.68. The van der Waals surface area contributed by atoms with E-state index in [1.807, 2.05) is 97.1 Å². The van der Waals surface area contributed by atoms with Gasteiger partial charge in [-0.2, -0.15) is 0 Å². The van der Waals surface area contributed by atoms with Gasteiger partial charge < -0.3 is 18.9 Å². The summed E-state index contributed by atoms with van der Waals surface area (Å²) in [6.07, 6.45) is 0. The molecule has 0 unspecified atom stereocenters. The lowest BCUT2D eigenvalue weighted by atomic mass is 10.1. The van der Waals surface area contributed by atoms with Crippen LogP contribution in [0.4, 0.5) is 0 Å². The second-order valence-corrected chi connectivity index (χ2v) is 7.59. The lowest BCUT2D eigenvalue weighted by Gasteiger charge is -2.18. The highest BCUT2D eigenvalue weighted by atomic mass is 16.5. The zero-order valence-electron chi connectivity index (χ0n) is 17.7. The third-order valence-corrected chi connectivity index (χ3v) is 5.42. The number of hydrogen-bond donors (Lipinski definition) is 0. The Morgan fingerprint density at radius 2 is 0.531 bits per heavy atom. The van der Waals surface area contributed by atoms with Gasteiger partial charge in [-0.05, 0) is 24.3 Å². The van der Waals surface area contributed by atoms with E-state index in [2.05, 4.69) is 0 Å². The van der Waals surface area contributed by atoms with Crippen molar-refractivity contribution >= 4 is 0 Å². The molecule has 0 bridgehead atoms. The third-order valence-electron chi connectivity index (χ3n) is 5.42. The lowest BCUT2D eigenvalue weighted by Crippen LogP contribution is -2.07. The molecular weight excluding hydrogens is 400 g/mol. The Morgan fingerprint density at radius 3 is 0.781 bits per heavy atom. The standard InChI is InChI=1S/C28H24O4/c1-5-13-25-21(9-1)17-29-26-14-6-2-11-23(26)19-31-28-16-8-4-12-24(28)20-32-27-15-7-3-10-22(27)18-30-25/h1-16H,17-20H2. The second kappa shape index (κ2) is 9.48. The van der Waals surface area contributed by atoms with Gasteiger partial charge in [-0.3, -0.25) is 0 Å². The highest BCUT2D eigenvalue weighted by Gasteiger charge is 2.12. The zero-order valence-corrected chi connectivity index (χ0v) is 17.7. The van der Waals surface area contributed by atoms with Crippen molar-refractivity contribution in [1.82, 2.24) is 0 Å². The van der Waals surface area contributed by atoms with Crippen LogP contribution in [0, 0.1) is 0 Å². The molecule has 0 radical (unpaired) electrons. The highest BCUT2D eigenvalue weighted by Crippen LogP contribution is 2.29. The van der Waals surface area contributed by atoms with Crippen molar-refractivity contribution in [2.75, 3.05) is 0 Å². The molecule has 32 heavy (non-hydrogen) atoms. The first-order chi connectivity index (χ1) is 15.9. The molecule has 0 aliphatic carbocycles. The maximum atomic E-state index is 6.19. The van der Waals surface area contributed by atoms with E-state index in [4.69, 9.17) is 18.9 Å². The van der Waals surface area contributed by atoms with E-state index in [1.54, 1.807) is 0 Å². The van der Waals surface area contributed by atoms with Crippen molar-refractivity contribution in [3.8, 4) is 23.0 Å². The maximum Gasteiger partial charge on any atom is 0.126 e. The van der Waals surface area contributed by atoms with Gasteiger partial charge in [0.15, 0.2) is 0 Å². The molecule has 0 spiro atoms. The Bertz CT molecular complexity index is 919. The molecule has 0 atom stereocenters. The highest BCUT2D eigenvalue weighted by molar-refractivity contribution is 5.39. The van der Waals surface area contributed by atoms with E-state index in [0.29, 0.717) is 26.4 Å². The summed E-state index contributed by atoms with van der Waals surface area (Å²) in [5, 5.41) is 0. The van der Waals surface area contributed by atoms with Crippen LogP contribution in [0.3, 0.4) is 0 Å². The molecule has 0 amide bonds.